The number of nitrogens with zero attached hydrogens (tertiary/aromatic N) is 3. The first-order valence-corrected chi connectivity index (χ1v) is 8.48. The number of aliphatic imine (C=N–C) groups is 1. The van der Waals surface area contributed by atoms with Gasteiger partial charge < -0.3 is 9.47 Å². The van der Waals surface area contributed by atoms with E-state index < -0.39 is 0 Å². The number of aromatic nitrogens is 1. The molecular weight excluding hydrogens is 330 g/mol. The molecule has 6 nitrogen and oxygen atoms in total. The zero-order valence-corrected chi connectivity index (χ0v) is 15.3. The summed E-state index contributed by atoms with van der Waals surface area (Å²) in [6.45, 7) is 2.48. The largest absolute Gasteiger partial charge is 0.493 e. The van der Waals surface area contributed by atoms with Crippen molar-refractivity contribution in [3.63, 3.8) is 0 Å². The molecule has 1 aromatic carbocycles. The van der Waals surface area contributed by atoms with Crippen LogP contribution in [0.1, 0.15) is 19.0 Å². The van der Waals surface area contributed by atoms with Gasteiger partial charge in [-0.15, -0.1) is 0 Å². The topological polar surface area (TPSA) is 56.2 Å². The van der Waals surface area contributed by atoms with E-state index in [9.17, 15) is 0 Å². The van der Waals surface area contributed by atoms with E-state index in [4.69, 9.17) is 14.3 Å². The Morgan fingerprint density at radius 3 is 2.65 bits per heavy atom. The maximum atomic E-state index is 6.11. The van der Waals surface area contributed by atoms with Crippen molar-refractivity contribution >= 4 is 11.9 Å². The molecule has 0 fully saturated rings. The van der Waals surface area contributed by atoms with E-state index in [0.717, 1.165) is 23.5 Å². The third-order valence-electron chi connectivity index (χ3n) is 4.03. The van der Waals surface area contributed by atoms with Gasteiger partial charge in [-0.1, -0.05) is 13.0 Å². The van der Waals surface area contributed by atoms with E-state index in [1.165, 1.54) is 0 Å². The minimum Gasteiger partial charge on any atom is -0.493 e. The Labute approximate surface area is 153 Å². The zero-order valence-electron chi connectivity index (χ0n) is 15.3. The molecule has 26 heavy (non-hydrogen) atoms. The van der Waals surface area contributed by atoms with E-state index in [1.807, 2.05) is 48.8 Å². The summed E-state index contributed by atoms with van der Waals surface area (Å²) in [5.41, 5.74) is 2.67. The molecule has 1 unspecified atom stereocenters. The van der Waals surface area contributed by atoms with Gasteiger partial charge in [-0.05, 0) is 36.6 Å². The van der Waals surface area contributed by atoms with Crippen LogP contribution in [0.3, 0.4) is 0 Å². The molecule has 0 amide bonds. The molecule has 2 aromatic rings. The molecule has 1 atom stereocenters. The van der Waals surface area contributed by atoms with Crippen molar-refractivity contribution in [2.24, 2.45) is 10.9 Å². The Hall–Kier alpha value is -2.86. The van der Waals surface area contributed by atoms with Crippen LogP contribution in [0.5, 0.6) is 11.5 Å². The maximum Gasteiger partial charge on any atom is 0.162 e. The summed E-state index contributed by atoms with van der Waals surface area (Å²) in [5.74, 6) is 1.66. The third-order valence-corrected chi connectivity index (χ3v) is 4.03. The Morgan fingerprint density at radius 2 is 1.96 bits per heavy atom. The summed E-state index contributed by atoms with van der Waals surface area (Å²) >= 11 is 0. The van der Waals surface area contributed by atoms with Crippen LogP contribution in [0.4, 0.5) is 5.69 Å². The summed E-state index contributed by atoms with van der Waals surface area (Å²) in [7, 11) is 3.24. The van der Waals surface area contributed by atoms with Crippen LogP contribution in [0, 0.1) is 5.92 Å². The average molecular weight is 353 g/mol. The van der Waals surface area contributed by atoms with Crippen molar-refractivity contribution in [1.82, 2.24) is 4.98 Å². The summed E-state index contributed by atoms with van der Waals surface area (Å²) < 4.78 is 10.8. The summed E-state index contributed by atoms with van der Waals surface area (Å²) in [6.07, 6.45) is 6.36. The van der Waals surface area contributed by atoms with Crippen LogP contribution in [0.25, 0.3) is 0 Å². The number of benzene rings is 1. The molecule has 0 N–H and O–H groups in total. The fourth-order valence-electron chi connectivity index (χ4n) is 2.74. The highest BCUT2D eigenvalue weighted by atomic mass is 16.7. The predicted molar refractivity (Wildman–Crippen MR) is 101 cm³/mol. The number of hydroxylamine groups is 1. The second-order valence-corrected chi connectivity index (χ2v) is 6.03. The lowest BCUT2D eigenvalue weighted by Gasteiger charge is -2.28. The monoisotopic (exact) mass is 353 g/mol. The van der Waals surface area contributed by atoms with E-state index in [2.05, 4.69) is 16.9 Å². The van der Waals surface area contributed by atoms with E-state index >= 15 is 0 Å². The number of allylic oxidation sites excluding steroid dienone is 1. The van der Waals surface area contributed by atoms with Crippen molar-refractivity contribution in [1.29, 1.82) is 0 Å². The quantitative estimate of drug-likeness (QED) is 0.705. The smallest absolute Gasteiger partial charge is 0.162 e. The molecule has 0 spiro atoms. The molecule has 1 aromatic heterocycles. The molecule has 6 heteroatoms. The van der Waals surface area contributed by atoms with Crippen LogP contribution in [0.15, 0.2) is 59.5 Å². The highest BCUT2D eigenvalue weighted by Gasteiger charge is 2.20. The van der Waals surface area contributed by atoms with E-state index in [-0.39, 0.29) is 0 Å². The van der Waals surface area contributed by atoms with Crippen LogP contribution < -0.4 is 14.5 Å². The molecule has 0 saturated heterocycles. The SMILES string of the molecule is COc1ccc(N(OCc2ccccn2)C2=CN=CC(C)C2)cc1OC. The van der Waals surface area contributed by atoms with E-state index in [1.54, 1.807) is 25.5 Å². The normalized spacial score (nSPS) is 16.1. The lowest BCUT2D eigenvalue weighted by molar-refractivity contribution is 0.106. The molecule has 0 saturated carbocycles. The van der Waals surface area contributed by atoms with Gasteiger partial charge >= 0.3 is 0 Å². The number of hydrogen-bond acceptors (Lipinski definition) is 6. The molecule has 2 heterocycles. The van der Waals surface area contributed by atoms with Gasteiger partial charge in [-0.2, -0.15) is 0 Å². The van der Waals surface area contributed by atoms with Gasteiger partial charge in [0.25, 0.3) is 0 Å². The van der Waals surface area contributed by atoms with Crippen molar-refractivity contribution in [3.05, 3.63) is 60.2 Å². The zero-order chi connectivity index (χ0) is 18.4. The van der Waals surface area contributed by atoms with Gasteiger partial charge in [-0.3, -0.25) is 14.8 Å². The Morgan fingerprint density at radius 1 is 1.12 bits per heavy atom. The predicted octanol–water partition coefficient (Wildman–Crippen LogP) is 3.99. The molecule has 0 aliphatic carbocycles. The standard InChI is InChI=1S/C20H23N3O3/c1-15-10-18(13-21-12-15)23(26-14-16-6-4-5-9-22-16)17-7-8-19(24-2)20(11-17)25-3/h4-9,11-13,15H,10,14H2,1-3H3. The number of pyridine rings is 1. The van der Waals surface area contributed by atoms with Crippen LogP contribution in [-0.2, 0) is 11.4 Å². The number of methoxy groups -OCH3 is 2. The second kappa shape index (κ2) is 8.49. The Balaban J connectivity index is 1.89. The van der Waals surface area contributed by atoms with Crippen molar-refractivity contribution in [3.8, 4) is 11.5 Å². The number of hydrogen-bond donors (Lipinski definition) is 0. The number of ether oxygens (including phenoxy) is 2. The lowest BCUT2D eigenvalue weighted by atomic mass is 10.1. The highest BCUT2D eigenvalue weighted by molar-refractivity contribution is 5.65. The van der Waals surface area contributed by atoms with Crippen LogP contribution >= 0.6 is 0 Å². The number of rotatable bonds is 7. The minimum atomic E-state index is 0.344. The summed E-state index contributed by atoms with van der Waals surface area (Å²) in [4.78, 5) is 14.8. The minimum absolute atomic E-state index is 0.344. The van der Waals surface area contributed by atoms with Gasteiger partial charge in [0.15, 0.2) is 11.5 Å². The van der Waals surface area contributed by atoms with Gasteiger partial charge in [0.1, 0.15) is 6.61 Å². The van der Waals surface area contributed by atoms with E-state index in [0.29, 0.717) is 24.0 Å². The van der Waals surface area contributed by atoms with Gasteiger partial charge in [0.2, 0.25) is 0 Å². The molecule has 1 aliphatic rings. The van der Waals surface area contributed by atoms with Crippen LogP contribution in [0.2, 0.25) is 0 Å². The van der Waals surface area contributed by atoms with Gasteiger partial charge in [0.05, 0.1) is 31.3 Å². The average Bonchev–Trinajstić information content (AvgIpc) is 2.69. The molecule has 3 rings (SSSR count). The first kappa shape index (κ1) is 17.9. The molecule has 136 valence electrons. The third kappa shape index (κ3) is 4.21. The molecule has 1 aliphatic heterocycles. The first-order valence-electron chi connectivity index (χ1n) is 8.48. The molecular formula is C20H23N3O3. The van der Waals surface area contributed by atoms with Crippen molar-refractivity contribution in [2.75, 3.05) is 19.3 Å². The molecule has 0 bridgehead atoms. The Bertz CT molecular complexity index is 790. The second-order valence-electron chi connectivity index (χ2n) is 6.03. The maximum absolute atomic E-state index is 6.11. The fraction of sp³-hybridized carbons (Fsp3) is 0.300. The number of anilines is 1. The highest BCUT2D eigenvalue weighted by Crippen LogP contribution is 2.34. The first-order chi connectivity index (χ1) is 12.7. The lowest BCUT2D eigenvalue weighted by Crippen LogP contribution is -2.25. The van der Waals surface area contributed by atoms with Crippen molar-refractivity contribution < 1.29 is 14.3 Å². The van der Waals surface area contributed by atoms with Gasteiger partial charge in [0, 0.05) is 24.7 Å². The van der Waals surface area contributed by atoms with Crippen molar-refractivity contribution in [2.45, 2.75) is 20.0 Å². The Kier molecular flexibility index (Phi) is 5.86. The van der Waals surface area contributed by atoms with Gasteiger partial charge in [-0.25, -0.2) is 5.06 Å². The van der Waals surface area contributed by atoms with Crippen LogP contribution in [-0.4, -0.2) is 25.4 Å². The molecule has 0 radical (unpaired) electrons. The fourth-order valence-corrected chi connectivity index (χ4v) is 2.74. The summed E-state index contributed by atoms with van der Waals surface area (Å²) in [6, 6.07) is 11.4. The summed E-state index contributed by atoms with van der Waals surface area (Å²) in [5, 5.41) is 1.80.